The Morgan fingerprint density at radius 2 is 1.93 bits per heavy atom. The van der Waals surface area contributed by atoms with Crippen molar-refractivity contribution in [2.45, 2.75) is 26.7 Å². The minimum Gasteiger partial charge on any atom is -0.497 e. The first-order valence-corrected chi connectivity index (χ1v) is 10.2. The first-order chi connectivity index (χ1) is 13.9. The second-order valence-electron chi connectivity index (χ2n) is 7.23. The first kappa shape index (κ1) is 19.2. The van der Waals surface area contributed by atoms with E-state index in [-0.39, 0.29) is 5.92 Å². The zero-order chi connectivity index (χ0) is 20.7. The van der Waals surface area contributed by atoms with Crippen LogP contribution in [-0.2, 0) is 0 Å². The van der Waals surface area contributed by atoms with E-state index in [0.29, 0.717) is 5.56 Å². The van der Waals surface area contributed by atoms with Gasteiger partial charge in [0.05, 0.1) is 18.2 Å². The van der Waals surface area contributed by atoms with Crippen LogP contribution in [0.1, 0.15) is 40.6 Å². The maximum atomic E-state index is 12.0. The second-order valence-corrected chi connectivity index (χ2v) is 8.49. The summed E-state index contributed by atoms with van der Waals surface area (Å²) in [5.74, 6) is 2.01. The average Bonchev–Trinajstić information content (AvgIpc) is 3.02. The number of carbonyl (C=O) groups is 1. The summed E-state index contributed by atoms with van der Waals surface area (Å²) in [5, 5.41) is 1.84. The number of fused-ring (bicyclic) bond motifs is 2. The molecule has 0 aliphatic heterocycles. The van der Waals surface area contributed by atoms with Gasteiger partial charge in [-0.3, -0.25) is 9.78 Å². The van der Waals surface area contributed by atoms with Crippen LogP contribution in [-0.4, -0.2) is 18.0 Å². The van der Waals surface area contributed by atoms with Gasteiger partial charge in [-0.25, -0.2) is 0 Å². The van der Waals surface area contributed by atoms with Gasteiger partial charge in [-0.15, -0.1) is 11.3 Å². The van der Waals surface area contributed by atoms with E-state index in [1.165, 1.54) is 0 Å². The van der Waals surface area contributed by atoms with Gasteiger partial charge in [-0.05, 0) is 48.7 Å². The van der Waals surface area contributed by atoms with Crippen molar-refractivity contribution in [3.63, 3.8) is 0 Å². The van der Waals surface area contributed by atoms with Crippen LogP contribution in [0.25, 0.3) is 21.0 Å². The number of primary amides is 1. The standard InChI is InChI=1S/C23H22N2O3S/c1-12(2)17-9-15(11-20-22(17)21(23(24)26)13(3)29-20)28-19-7-8-25-18-10-14(27-4)5-6-16(18)19/h5-12H,1-4H3,(H2,24,26). The van der Waals surface area contributed by atoms with E-state index in [1.54, 1.807) is 24.6 Å². The molecule has 0 atom stereocenters. The lowest BCUT2D eigenvalue weighted by Gasteiger charge is -2.14. The van der Waals surface area contributed by atoms with Gasteiger partial charge in [-0.1, -0.05) is 13.8 Å². The van der Waals surface area contributed by atoms with E-state index >= 15 is 0 Å². The largest absolute Gasteiger partial charge is 0.497 e. The Hall–Kier alpha value is -3.12. The van der Waals surface area contributed by atoms with Crippen LogP contribution in [0.2, 0.25) is 0 Å². The van der Waals surface area contributed by atoms with Gasteiger partial charge in [-0.2, -0.15) is 0 Å². The number of nitrogens with zero attached hydrogens (tertiary/aromatic N) is 1. The summed E-state index contributed by atoms with van der Waals surface area (Å²) in [6.45, 7) is 6.13. The number of methoxy groups -OCH3 is 1. The van der Waals surface area contributed by atoms with E-state index in [0.717, 1.165) is 48.7 Å². The number of benzene rings is 2. The monoisotopic (exact) mass is 406 g/mol. The quantitative estimate of drug-likeness (QED) is 0.456. The number of hydrogen-bond donors (Lipinski definition) is 1. The lowest BCUT2D eigenvalue weighted by atomic mass is 9.95. The van der Waals surface area contributed by atoms with Crippen LogP contribution >= 0.6 is 11.3 Å². The first-order valence-electron chi connectivity index (χ1n) is 9.36. The molecule has 29 heavy (non-hydrogen) atoms. The summed E-state index contributed by atoms with van der Waals surface area (Å²) in [4.78, 5) is 17.4. The molecule has 2 N–H and O–H groups in total. The molecule has 148 valence electrons. The van der Waals surface area contributed by atoms with Crippen LogP contribution in [0, 0.1) is 6.92 Å². The summed E-state index contributed by atoms with van der Waals surface area (Å²) in [5.41, 5.74) is 8.13. The highest BCUT2D eigenvalue weighted by Gasteiger charge is 2.20. The zero-order valence-corrected chi connectivity index (χ0v) is 17.6. The second kappa shape index (κ2) is 7.37. The molecular weight excluding hydrogens is 384 g/mol. The Kier molecular flexibility index (Phi) is 4.88. The normalized spacial score (nSPS) is 11.3. The van der Waals surface area contributed by atoms with E-state index in [1.807, 2.05) is 43.3 Å². The van der Waals surface area contributed by atoms with Crippen LogP contribution in [0.5, 0.6) is 17.2 Å². The molecule has 0 saturated heterocycles. The fraction of sp³-hybridized carbons (Fsp3) is 0.217. The SMILES string of the molecule is COc1ccc2c(Oc3cc(C(C)C)c4c(C(N)=O)c(C)sc4c3)ccnc2c1. The summed E-state index contributed by atoms with van der Waals surface area (Å²) in [6, 6.07) is 11.5. The molecule has 0 saturated carbocycles. The average molecular weight is 407 g/mol. The molecule has 0 aliphatic carbocycles. The van der Waals surface area contributed by atoms with Crippen LogP contribution in [0.15, 0.2) is 42.6 Å². The number of ether oxygens (including phenoxy) is 2. The van der Waals surface area contributed by atoms with E-state index in [4.69, 9.17) is 15.2 Å². The van der Waals surface area contributed by atoms with Gasteiger partial charge in [0.2, 0.25) is 5.91 Å². The summed E-state index contributed by atoms with van der Waals surface area (Å²) in [7, 11) is 1.63. The van der Waals surface area contributed by atoms with E-state index in [9.17, 15) is 4.79 Å². The van der Waals surface area contributed by atoms with Crippen molar-refractivity contribution in [1.29, 1.82) is 0 Å². The van der Waals surface area contributed by atoms with Gasteiger partial charge >= 0.3 is 0 Å². The molecule has 1 amide bonds. The van der Waals surface area contributed by atoms with Crippen molar-refractivity contribution in [3.05, 3.63) is 58.6 Å². The lowest BCUT2D eigenvalue weighted by molar-refractivity contribution is 0.100. The van der Waals surface area contributed by atoms with Gasteiger partial charge in [0.1, 0.15) is 17.2 Å². The summed E-state index contributed by atoms with van der Waals surface area (Å²) in [6.07, 6.45) is 1.72. The number of amides is 1. The van der Waals surface area contributed by atoms with E-state index < -0.39 is 5.91 Å². The summed E-state index contributed by atoms with van der Waals surface area (Å²) >= 11 is 1.56. The van der Waals surface area contributed by atoms with Gasteiger partial charge in [0, 0.05) is 32.6 Å². The van der Waals surface area contributed by atoms with Crippen molar-refractivity contribution in [3.8, 4) is 17.2 Å². The molecule has 0 fully saturated rings. The molecule has 2 aromatic carbocycles. The third-order valence-corrected chi connectivity index (χ3v) is 6.03. The molecule has 4 rings (SSSR count). The Bertz CT molecular complexity index is 1240. The Labute approximate surface area is 173 Å². The van der Waals surface area contributed by atoms with Crippen molar-refractivity contribution in [2.24, 2.45) is 5.73 Å². The predicted octanol–water partition coefficient (Wildman–Crippen LogP) is 5.78. The molecule has 0 radical (unpaired) electrons. The fourth-order valence-corrected chi connectivity index (χ4v) is 4.74. The Morgan fingerprint density at radius 3 is 2.62 bits per heavy atom. The molecule has 2 heterocycles. The molecule has 4 aromatic rings. The maximum absolute atomic E-state index is 12.0. The number of hydrogen-bond acceptors (Lipinski definition) is 5. The number of carbonyl (C=O) groups excluding carboxylic acids is 1. The fourth-order valence-electron chi connectivity index (χ4n) is 3.61. The molecule has 5 nitrogen and oxygen atoms in total. The Morgan fingerprint density at radius 1 is 1.14 bits per heavy atom. The Balaban J connectivity index is 1.85. The summed E-state index contributed by atoms with van der Waals surface area (Å²) < 4.78 is 12.6. The number of thiophene rings is 1. The molecule has 0 aliphatic rings. The minimum atomic E-state index is -0.390. The van der Waals surface area contributed by atoms with E-state index in [2.05, 4.69) is 18.8 Å². The number of aromatic nitrogens is 1. The number of aryl methyl sites for hydroxylation is 1. The third kappa shape index (κ3) is 3.40. The topological polar surface area (TPSA) is 74.4 Å². The van der Waals surface area contributed by atoms with Crippen molar-refractivity contribution >= 4 is 38.2 Å². The molecule has 0 spiro atoms. The third-order valence-electron chi connectivity index (χ3n) is 4.98. The number of rotatable bonds is 5. The predicted molar refractivity (Wildman–Crippen MR) is 118 cm³/mol. The maximum Gasteiger partial charge on any atom is 0.250 e. The highest BCUT2D eigenvalue weighted by Crippen LogP contribution is 2.40. The highest BCUT2D eigenvalue weighted by atomic mass is 32.1. The van der Waals surface area contributed by atoms with Crippen molar-refractivity contribution in [1.82, 2.24) is 4.98 Å². The number of nitrogens with two attached hydrogens (primary N) is 1. The molecule has 0 unspecified atom stereocenters. The molecule has 0 bridgehead atoms. The van der Waals surface area contributed by atoms with Crippen molar-refractivity contribution < 1.29 is 14.3 Å². The van der Waals surface area contributed by atoms with Crippen molar-refractivity contribution in [2.75, 3.05) is 7.11 Å². The van der Waals surface area contributed by atoms with Crippen LogP contribution in [0.3, 0.4) is 0 Å². The van der Waals surface area contributed by atoms with Gasteiger partial charge in [0.15, 0.2) is 0 Å². The van der Waals surface area contributed by atoms with Gasteiger partial charge < -0.3 is 15.2 Å². The zero-order valence-electron chi connectivity index (χ0n) is 16.8. The number of pyridine rings is 1. The lowest BCUT2D eigenvalue weighted by Crippen LogP contribution is -2.12. The smallest absolute Gasteiger partial charge is 0.250 e. The highest BCUT2D eigenvalue weighted by molar-refractivity contribution is 7.19. The molecule has 6 heteroatoms. The molecule has 2 aromatic heterocycles. The van der Waals surface area contributed by atoms with Crippen LogP contribution in [0.4, 0.5) is 0 Å². The minimum absolute atomic E-state index is 0.214. The van der Waals surface area contributed by atoms with Crippen LogP contribution < -0.4 is 15.2 Å². The molecular formula is C23H22N2O3S. The van der Waals surface area contributed by atoms with Gasteiger partial charge in [0.25, 0.3) is 0 Å².